The minimum Gasteiger partial charge on any atom is -0.461 e. The molecule has 0 saturated heterocycles. The predicted molar refractivity (Wildman–Crippen MR) is 98.8 cm³/mol. The van der Waals surface area contributed by atoms with Gasteiger partial charge in [-0.3, -0.25) is 4.79 Å². The quantitative estimate of drug-likeness (QED) is 0.670. The molecule has 0 unspecified atom stereocenters. The molecule has 1 aromatic carbocycles. The van der Waals surface area contributed by atoms with Crippen molar-refractivity contribution in [2.45, 2.75) is 17.3 Å². The maximum absolute atomic E-state index is 12.4. The predicted octanol–water partition coefficient (Wildman–Crippen LogP) is 3.72. The monoisotopic (exact) mass is 387 g/mol. The molecule has 132 valence electrons. The SMILES string of the molecule is C[C@@H](Sc1nnc(-c2ccco2)n1C)C(=O)Nc1ccc(C#N)c(Cl)c1. The van der Waals surface area contributed by atoms with Crippen molar-refractivity contribution in [2.75, 3.05) is 5.32 Å². The Kier molecular flexibility index (Phi) is 5.30. The first kappa shape index (κ1) is 18.0. The molecule has 9 heteroatoms. The highest BCUT2D eigenvalue weighted by molar-refractivity contribution is 8.00. The van der Waals surface area contributed by atoms with E-state index in [0.29, 0.717) is 33.0 Å². The number of benzene rings is 1. The van der Waals surface area contributed by atoms with Crippen molar-refractivity contribution in [3.05, 3.63) is 47.2 Å². The third-order valence-electron chi connectivity index (χ3n) is 3.58. The Morgan fingerprint density at radius 2 is 2.23 bits per heavy atom. The van der Waals surface area contributed by atoms with Crippen LogP contribution in [0.3, 0.4) is 0 Å². The number of nitriles is 1. The summed E-state index contributed by atoms with van der Waals surface area (Å²) < 4.78 is 7.10. The maximum atomic E-state index is 12.4. The summed E-state index contributed by atoms with van der Waals surface area (Å²) in [5.41, 5.74) is 0.886. The van der Waals surface area contributed by atoms with Crippen LogP contribution in [0.4, 0.5) is 5.69 Å². The van der Waals surface area contributed by atoms with Crippen molar-refractivity contribution in [3.8, 4) is 17.7 Å². The Labute approximate surface area is 159 Å². The number of nitrogens with zero attached hydrogens (tertiary/aromatic N) is 4. The number of carbonyl (C=O) groups excluding carboxylic acids is 1. The van der Waals surface area contributed by atoms with Gasteiger partial charge >= 0.3 is 0 Å². The van der Waals surface area contributed by atoms with Gasteiger partial charge in [0, 0.05) is 12.7 Å². The zero-order valence-corrected chi connectivity index (χ0v) is 15.5. The van der Waals surface area contributed by atoms with Crippen molar-refractivity contribution >= 4 is 35.0 Å². The molecule has 26 heavy (non-hydrogen) atoms. The Balaban J connectivity index is 1.68. The van der Waals surface area contributed by atoms with Crippen LogP contribution in [0, 0.1) is 11.3 Å². The maximum Gasteiger partial charge on any atom is 0.237 e. The lowest BCUT2D eigenvalue weighted by atomic mass is 10.2. The number of halogens is 1. The van der Waals surface area contributed by atoms with Crippen molar-refractivity contribution in [1.29, 1.82) is 5.26 Å². The number of furan rings is 1. The van der Waals surface area contributed by atoms with Gasteiger partial charge in [0.15, 0.2) is 16.7 Å². The Morgan fingerprint density at radius 3 is 2.88 bits per heavy atom. The summed E-state index contributed by atoms with van der Waals surface area (Å²) in [6.45, 7) is 1.77. The number of thioether (sulfide) groups is 1. The van der Waals surface area contributed by atoms with Crippen LogP contribution < -0.4 is 5.32 Å². The highest BCUT2D eigenvalue weighted by Crippen LogP contribution is 2.27. The van der Waals surface area contributed by atoms with Crippen LogP contribution >= 0.6 is 23.4 Å². The van der Waals surface area contributed by atoms with E-state index < -0.39 is 5.25 Å². The van der Waals surface area contributed by atoms with E-state index in [-0.39, 0.29) is 5.91 Å². The van der Waals surface area contributed by atoms with E-state index in [0.717, 1.165) is 0 Å². The smallest absolute Gasteiger partial charge is 0.237 e. The van der Waals surface area contributed by atoms with Crippen molar-refractivity contribution in [3.63, 3.8) is 0 Å². The number of nitrogens with one attached hydrogen (secondary N) is 1. The fraction of sp³-hybridized carbons (Fsp3) is 0.176. The Hall–Kier alpha value is -2.76. The lowest BCUT2D eigenvalue weighted by molar-refractivity contribution is -0.115. The number of carbonyl (C=O) groups is 1. The second kappa shape index (κ2) is 7.64. The molecular formula is C17H14ClN5O2S. The molecule has 1 atom stereocenters. The largest absolute Gasteiger partial charge is 0.461 e. The van der Waals surface area contributed by atoms with Crippen molar-refractivity contribution in [2.24, 2.45) is 7.05 Å². The molecule has 0 saturated carbocycles. The summed E-state index contributed by atoms with van der Waals surface area (Å²) in [4.78, 5) is 12.4. The van der Waals surface area contributed by atoms with Crippen LogP contribution in [0.2, 0.25) is 5.02 Å². The summed E-state index contributed by atoms with van der Waals surface area (Å²) in [5.74, 6) is 0.985. The standard InChI is InChI=1S/C17H14ClN5O2S/c1-10(16(24)20-12-6-5-11(9-19)13(18)8-12)26-17-22-21-15(23(17)2)14-4-3-7-25-14/h3-8,10H,1-2H3,(H,20,24)/t10-/m1/s1. The van der Waals surface area contributed by atoms with E-state index in [1.807, 2.05) is 13.1 Å². The van der Waals surface area contributed by atoms with E-state index in [1.54, 1.807) is 48.1 Å². The molecule has 0 fully saturated rings. The molecule has 0 radical (unpaired) electrons. The zero-order valence-electron chi connectivity index (χ0n) is 13.9. The van der Waals surface area contributed by atoms with Gasteiger partial charge in [0.25, 0.3) is 0 Å². The van der Waals surface area contributed by atoms with E-state index in [1.165, 1.54) is 11.8 Å². The summed E-state index contributed by atoms with van der Waals surface area (Å²) in [6, 6.07) is 10.3. The fourth-order valence-corrected chi connectivity index (χ4v) is 3.21. The second-order valence-electron chi connectivity index (χ2n) is 5.40. The van der Waals surface area contributed by atoms with Crippen LogP contribution in [0.1, 0.15) is 12.5 Å². The highest BCUT2D eigenvalue weighted by Gasteiger charge is 2.20. The summed E-state index contributed by atoms with van der Waals surface area (Å²) in [6.07, 6.45) is 1.57. The van der Waals surface area contributed by atoms with Gasteiger partial charge in [-0.05, 0) is 37.3 Å². The molecule has 2 aromatic heterocycles. The van der Waals surface area contributed by atoms with Gasteiger partial charge < -0.3 is 14.3 Å². The number of hydrogen-bond donors (Lipinski definition) is 1. The minimum atomic E-state index is -0.420. The summed E-state index contributed by atoms with van der Waals surface area (Å²) in [5, 5.41) is 20.4. The summed E-state index contributed by atoms with van der Waals surface area (Å²) >= 11 is 7.26. The third kappa shape index (κ3) is 3.74. The minimum absolute atomic E-state index is 0.210. The molecule has 2 heterocycles. The van der Waals surface area contributed by atoms with E-state index in [4.69, 9.17) is 21.3 Å². The molecule has 3 aromatic rings. The van der Waals surface area contributed by atoms with Gasteiger partial charge in [-0.25, -0.2) is 0 Å². The molecule has 1 amide bonds. The number of hydrogen-bond acceptors (Lipinski definition) is 6. The van der Waals surface area contributed by atoms with Gasteiger partial charge in [-0.15, -0.1) is 10.2 Å². The topological polar surface area (TPSA) is 96.7 Å². The third-order valence-corrected chi connectivity index (χ3v) is 5.03. The number of amides is 1. The molecule has 1 N–H and O–H groups in total. The van der Waals surface area contributed by atoms with Crippen LogP contribution in [-0.2, 0) is 11.8 Å². The average molecular weight is 388 g/mol. The average Bonchev–Trinajstić information content (AvgIpc) is 3.25. The van der Waals surface area contributed by atoms with Crippen LogP contribution in [0.15, 0.2) is 46.2 Å². The van der Waals surface area contributed by atoms with Gasteiger partial charge in [0.05, 0.1) is 22.1 Å². The zero-order chi connectivity index (χ0) is 18.7. The summed E-state index contributed by atoms with van der Waals surface area (Å²) in [7, 11) is 1.81. The Morgan fingerprint density at radius 1 is 1.42 bits per heavy atom. The second-order valence-corrected chi connectivity index (χ2v) is 7.11. The van der Waals surface area contributed by atoms with Crippen LogP contribution in [-0.4, -0.2) is 25.9 Å². The fourth-order valence-electron chi connectivity index (χ4n) is 2.18. The lowest BCUT2D eigenvalue weighted by Gasteiger charge is -2.12. The van der Waals surface area contributed by atoms with Crippen LogP contribution in [0.5, 0.6) is 0 Å². The molecule has 0 spiro atoms. The molecule has 0 aliphatic carbocycles. The van der Waals surface area contributed by atoms with E-state index in [2.05, 4.69) is 15.5 Å². The first-order chi connectivity index (χ1) is 12.5. The van der Waals surface area contributed by atoms with Gasteiger partial charge in [-0.2, -0.15) is 5.26 Å². The number of rotatable bonds is 5. The van der Waals surface area contributed by atoms with Gasteiger partial charge in [0.1, 0.15) is 6.07 Å². The normalized spacial score (nSPS) is 11.8. The van der Waals surface area contributed by atoms with Crippen molar-refractivity contribution in [1.82, 2.24) is 14.8 Å². The number of anilines is 1. The lowest BCUT2D eigenvalue weighted by Crippen LogP contribution is -2.22. The number of aromatic nitrogens is 3. The first-order valence-corrected chi connectivity index (χ1v) is 8.86. The highest BCUT2D eigenvalue weighted by atomic mass is 35.5. The molecule has 3 rings (SSSR count). The molecule has 0 aliphatic rings. The molecule has 0 bridgehead atoms. The van der Waals surface area contributed by atoms with Gasteiger partial charge in [0.2, 0.25) is 5.91 Å². The van der Waals surface area contributed by atoms with E-state index in [9.17, 15) is 4.79 Å². The van der Waals surface area contributed by atoms with E-state index >= 15 is 0 Å². The van der Waals surface area contributed by atoms with Crippen molar-refractivity contribution < 1.29 is 9.21 Å². The first-order valence-electron chi connectivity index (χ1n) is 7.60. The van der Waals surface area contributed by atoms with Gasteiger partial charge in [-0.1, -0.05) is 23.4 Å². The Bertz CT molecular complexity index is 978. The molecular weight excluding hydrogens is 374 g/mol. The molecule has 7 nitrogen and oxygen atoms in total. The molecule has 0 aliphatic heterocycles. The van der Waals surface area contributed by atoms with Crippen LogP contribution in [0.25, 0.3) is 11.6 Å².